The standard InChI is InChI=1S/C12H19N3O/c1-3-7-15-9-10(8-14-15)11(16)12(2)5-4-6-13-12/h8-9,13H,3-7H2,1-2H3. The first-order valence-electron chi connectivity index (χ1n) is 5.98. The summed E-state index contributed by atoms with van der Waals surface area (Å²) in [7, 11) is 0. The molecule has 1 unspecified atom stereocenters. The number of carbonyl (C=O) groups is 1. The Kier molecular flexibility index (Phi) is 3.10. The molecule has 1 fully saturated rings. The number of aryl methyl sites for hydroxylation is 1. The lowest BCUT2D eigenvalue weighted by atomic mass is 9.91. The minimum atomic E-state index is -0.375. The van der Waals surface area contributed by atoms with Gasteiger partial charge in [-0.15, -0.1) is 0 Å². The molecule has 2 rings (SSSR count). The van der Waals surface area contributed by atoms with Gasteiger partial charge in [-0.25, -0.2) is 0 Å². The second kappa shape index (κ2) is 4.37. The van der Waals surface area contributed by atoms with Crippen LogP contribution in [0.3, 0.4) is 0 Å². The van der Waals surface area contributed by atoms with Crippen LogP contribution in [0.5, 0.6) is 0 Å². The zero-order valence-electron chi connectivity index (χ0n) is 9.99. The predicted molar refractivity (Wildman–Crippen MR) is 62.5 cm³/mol. The van der Waals surface area contributed by atoms with E-state index in [-0.39, 0.29) is 11.3 Å². The van der Waals surface area contributed by atoms with E-state index in [1.807, 2.05) is 17.8 Å². The van der Waals surface area contributed by atoms with Crippen LogP contribution in [0.1, 0.15) is 43.5 Å². The maximum absolute atomic E-state index is 12.3. The van der Waals surface area contributed by atoms with Crippen LogP contribution in [0.4, 0.5) is 0 Å². The second-order valence-corrected chi connectivity index (χ2v) is 4.68. The number of hydrogen-bond acceptors (Lipinski definition) is 3. The largest absolute Gasteiger partial charge is 0.305 e. The maximum atomic E-state index is 12.3. The summed E-state index contributed by atoms with van der Waals surface area (Å²) in [5.74, 6) is 0.173. The summed E-state index contributed by atoms with van der Waals surface area (Å²) < 4.78 is 1.84. The number of aromatic nitrogens is 2. The Morgan fingerprint density at radius 2 is 2.50 bits per heavy atom. The number of ketones is 1. The van der Waals surface area contributed by atoms with Crippen molar-refractivity contribution in [3.05, 3.63) is 18.0 Å². The predicted octanol–water partition coefficient (Wildman–Crippen LogP) is 1.62. The minimum Gasteiger partial charge on any atom is -0.305 e. The van der Waals surface area contributed by atoms with Crippen molar-refractivity contribution in [1.82, 2.24) is 15.1 Å². The van der Waals surface area contributed by atoms with Crippen LogP contribution in [0.2, 0.25) is 0 Å². The van der Waals surface area contributed by atoms with Gasteiger partial charge in [-0.1, -0.05) is 6.92 Å². The molecule has 0 radical (unpaired) electrons. The van der Waals surface area contributed by atoms with Gasteiger partial charge in [-0.05, 0) is 32.7 Å². The minimum absolute atomic E-state index is 0.173. The summed E-state index contributed by atoms with van der Waals surface area (Å²) in [6, 6.07) is 0. The Bertz CT molecular complexity index is 377. The van der Waals surface area contributed by atoms with Crippen LogP contribution in [0, 0.1) is 0 Å². The smallest absolute Gasteiger partial charge is 0.185 e. The van der Waals surface area contributed by atoms with E-state index in [0.717, 1.165) is 37.9 Å². The zero-order valence-corrected chi connectivity index (χ0v) is 9.99. The first-order valence-corrected chi connectivity index (χ1v) is 5.98. The number of hydrogen-bond donors (Lipinski definition) is 1. The summed E-state index contributed by atoms with van der Waals surface area (Å²) in [4.78, 5) is 12.3. The van der Waals surface area contributed by atoms with Crippen molar-refractivity contribution < 1.29 is 4.79 Å². The first-order chi connectivity index (χ1) is 7.65. The van der Waals surface area contributed by atoms with Gasteiger partial charge in [0.15, 0.2) is 5.78 Å². The van der Waals surface area contributed by atoms with Crippen LogP contribution in [0.25, 0.3) is 0 Å². The van der Waals surface area contributed by atoms with E-state index in [4.69, 9.17) is 0 Å². The highest BCUT2D eigenvalue weighted by atomic mass is 16.1. The van der Waals surface area contributed by atoms with Gasteiger partial charge in [0.25, 0.3) is 0 Å². The fraction of sp³-hybridized carbons (Fsp3) is 0.667. The molecule has 0 saturated carbocycles. The highest BCUT2D eigenvalue weighted by Crippen LogP contribution is 2.23. The Hall–Kier alpha value is -1.16. The Morgan fingerprint density at radius 1 is 1.69 bits per heavy atom. The van der Waals surface area contributed by atoms with Crippen molar-refractivity contribution in [2.24, 2.45) is 0 Å². The molecule has 2 heterocycles. The van der Waals surface area contributed by atoms with Gasteiger partial charge in [0.1, 0.15) is 0 Å². The third kappa shape index (κ3) is 2.02. The molecule has 0 amide bonds. The molecule has 0 bridgehead atoms. The first kappa shape index (κ1) is 11.3. The van der Waals surface area contributed by atoms with E-state index >= 15 is 0 Å². The van der Waals surface area contributed by atoms with Gasteiger partial charge in [0.2, 0.25) is 0 Å². The molecular weight excluding hydrogens is 202 g/mol. The molecule has 1 aliphatic rings. The number of Topliss-reactive ketones (excluding diaryl/α,β-unsaturated/α-hetero) is 1. The summed E-state index contributed by atoms with van der Waals surface area (Å²) in [5.41, 5.74) is 0.352. The number of rotatable bonds is 4. The fourth-order valence-corrected chi connectivity index (χ4v) is 2.24. The topological polar surface area (TPSA) is 46.9 Å². The summed E-state index contributed by atoms with van der Waals surface area (Å²) in [6.45, 7) is 5.89. The quantitative estimate of drug-likeness (QED) is 0.786. The fourth-order valence-electron chi connectivity index (χ4n) is 2.24. The molecule has 1 aromatic rings. The molecule has 0 aliphatic carbocycles. The highest BCUT2D eigenvalue weighted by molar-refractivity contribution is 6.02. The lowest BCUT2D eigenvalue weighted by Crippen LogP contribution is -2.44. The Labute approximate surface area is 96.0 Å². The monoisotopic (exact) mass is 221 g/mol. The Morgan fingerprint density at radius 3 is 3.12 bits per heavy atom. The van der Waals surface area contributed by atoms with Gasteiger partial charge >= 0.3 is 0 Å². The number of carbonyl (C=O) groups excluding carboxylic acids is 1. The highest BCUT2D eigenvalue weighted by Gasteiger charge is 2.36. The van der Waals surface area contributed by atoms with Crippen molar-refractivity contribution >= 4 is 5.78 Å². The molecule has 0 spiro atoms. The summed E-state index contributed by atoms with van der Waals surface area (Å²) >= 11 is 0. The van der Waals surface area contributed by atoms with Crippen molar-refractivity contribution in [3.63, 3.8) is 0 Å². The summed E-state index contributed by atoms with van der Waals surface area (Å²) in [6.07, 6.45) is 6.57. The number of nitrogens with one attached hydrogen (secondary N) is 1. The van der Waals surface area contributed by atoms with Crippen molar-refractivity contribution in [3.8, 4) is 0 Å². The van der Waals surface area contributed by atoms with Crippen molar-refractivity contribution in [2.75, 3.05) is 6.54 Å². The molecule has 1 saturated heterocycles. The zero-order chi connectivity index (χ0) is 11.6. The normalized spacial score (nSPS) is 24.9. The summed E-state index contributed by atoms with van der Waals surface area (Å²) in [5, 5.41) is 7.48. The number of nitrogens with zero attached hydrogens (tertiary/aromatic N) is 2. The third-order valence-corrected chi connectivity index (χ3v) is 3.22. The molecule has 88 valence electrons. The molecule has 1 atom stereocenters. The molecular formula is C12H19N3O. The van der Waals surface area contributed by atoms with E-state index in [1.54, 1.807) is 6.20 Å². The molecule has 16 heavy (non-hydrogen) atoms. The van der Waals surface area contributed by atoms with E-state index in [9.17, 15) is 4.79 Å². The SMILES string of the molecule is CCCn1cc(C(=O)C2(C)CCCN2)cn1. The van der Waals surface area contributed by atoms with Gasteiger partial charge in [-0.3, -0.25) is 9.48 Å². The van der Waals surface area contributed by atoms with E-state index in [0.29, 0.717) is 0 Å². The molecule has 1 N–H and O–H groups in total. The van der Waals surface area contributed by atoms with Crippen LogP contribution < -0.4 is 5.32 Å². The Balaban J connectivity index is 2.13. The van der Waals surface area contributed by atoms with E-state index < -0.39 is 0 Å². The van der Waals surface area contributed by atoms with Gasteiger partial charge < -0.3 is 5.32 Å². The molecule has 1 aromatic heterocycles. The van der Waals surface area contributed by atoms with E-state index in [2.05, 4.69) is 17.3 Å². The van der Waals surface area contributed by atoms with Crippen LogP contribution in [-0.4, -0.2) is 27.6 Å². The second-order valence-electron chi connectivity index (χ2n) is 4.68. The molecule has 0 aromatic carbocycles. The molecule has 1 aliphatic heterocycles. The lowest BCUT2D eigenvalue weighted by molar-refractivity contribution is 0.0884. The third-order valence-electron chi connectivity index (χ3n) is 3.22. The van der Waals surface area contributed by atoms with Crippen LogP contribution >= 0.6 is 0 Å². The average Bonchev–Trinajstić information content (AvgIpc) is 2.88. The lowest BCUT2D eigenvalue weighted by Gasteiger charge is -2.21. The molecule has 4 nitrogen and oxygen atoms in total. The van der Waals surface area contributed by atoms with Crippen molar-refractivity contribution in [1.29, 1.82) is 0 Å². The van der Waals surface area contributed by atoms with E-state index in [1.165, 1.54) is 0 Å². The van der Waals surface area contributed by atoms with Crippen LogP contribution in [-0.2, 0) is 6.54 Å². The van der Waals surface area contributed by atoms with Gasteiger partial charge in [-0.2, -0.15) is 5.10 Å². The average molecular weight is 221 g/mol. The molecule has 4 heteroatoms. The van der Waals surface area contributed by atoms with Gasteiger partial charge in [0.05, 0.1) is 17.3 Å². The van der Waals surface area contributed by atoms with Crippen LogP contribution in [0.15, 0.2) is 12.4 Å². The van der Waals surface area contributed by atoms with Gasteiger partial charge in [0, 0.05) is 12.7 Å². The van der Waals surface area contributed by atoms with Crippen molar-refractivity contribution in [2.45, 2.75) is 45.2 Å². The maximum Gasteiger partial charge on any atom is 0.185 e.